The van der Waals surface area contributed by atoms with Crippen LogP contribution >= 0.6 is 0 Å². The smallest absolute Gasteiger partial charge is 0.0780 e. The fraction of sp³-hybridized carbons (Fsp3) is 1.00. The second-order valence-electron chi connectivity index (χ2n) is 2.76. The van der Waals surface area contributed by atoms with Crippen LogP contribution in [0.3, 0.4) is 0 Å². The fourth-order valence-corrected chi connectivity index (χ4v) is 0.761. The molecule has 0 amide bonds. The summed E-state index contributed by atoms with van der Waals surface area (Å²) in [5.41, 5.74) is 0. The molecular formula is C9H23NO2. The molecule has 0 radical (unpaired) electrons. The molecule has 0 aromatic heterocycles. The van der Waals surface area contributed by atoms with E-state index in [9.17, 15) is 0 Å². The molecule has 0 bridgehead atoms. The van der Waals surface area contributed by atoms with Gasteiger partial charge in [-0.1, -0.05) is 13.8 Å². The van der Waals surface area contributed by atoms with Gasteiger partial charge in [0.05, 0.1) is 12.7 Å². The number of hydrogen-bond donors (Lipinski definition) is 1. The third kappa shape index (κ3) is 9.88. The van der Waals surface area contributed by atoms with Gasteiger partial charge in [0.25, 0.3) is 0 Å². The molecule has 0 saturated carbocycles. The summed E-state index contributed by atoms with van der Waals surface area (Å²) in [6.45, 7) is 8.69. The first-order valence-electron chi connectivity index (χ1n) is 4.50. The van der Waals surface area contributed by atoms with Gasteiger partial charge < -0.3 is 15.6 Å². The molecule has 0 aliphatic rings. The van der Waals surface area contributed by atoms with E-state index in [0.717, 1.165) is 32.7 Å². The van der Waals surface area contributed by atoms with Crippen molar-refractivity contribution in [3.05, 3.63) is 0 Å². The lowest BCUT2D eigenvalue weighted by Crippen LogP contribution is -2.16. The maximum absolute atomic E-state index is 5.41. The van der Waals surface area contributed by atoms with Gasteiger partial charge in [0.2, 0.25) is 0 Å². The lowest BCUT2D eigenvalue weighted by atomic mass is 10.4. The van der Waals surface area contributed by atoms with E-state index in [-0.39, 0.29) is 12.3 Å². The minimum Gasteiger partial charge on any atom is -0.379 e. The first-order chi connectivity index (χ1) is 5.31. The van der Waals surface area contributed by atoms with Crippen LogP contribution in [-0.2, 0) is 9.47 Å². The van der Waals surface area contributed by atoms with Crippen molar-refractivity contribution in [2.75, 3.05) is 19.8 Å². The van der Waals surface area contributed by atoms with Gasteiger partial charge in [-0.15, -0.1) is 0 Å². The molecule has 0 saturated heterocycles. The van der Waals surface area contributed by atoms with E-state index in [2.05, 4.69) is 13.8 Å². The maximum atomic E-state index is 5.41. The van der Waals surface area contributed by atoms with Gasteiger partial charge in [-0.05, 0) is 19.8 Å². The van der Waals surface area contributed by atoms with E-state index in [1.54, 1.807) is 0 Å². The van der Waals surface area contributed by atoms with Crippen molar-refractivity contribution < 1.29 is 9.47 Å². The monoisotopic (exact) mass is 177 g/mol. The third-order valence-electron chi connectivity index (χ3n) is 1.31. The average Bonchev–Trinajstić information content (AvgIpc) is 2.01. The number of ether oxygens (including phenoxy) is 2. The van der Waals surface area contributed by atoms with E-state index in [1.165, 1.54) is 0 Å². The van der Waals surface area contributed by atoms with Crippen molar-refractivity contribution in [2.24, 2.45) is 0 Å². The van der Waals surface area contributed by atoms with Crippen LogP contribution < -0.4 is 6.15 Å². The standard InChI is InChI=1S/C9H20O2.H3N/c1-4-6-10-8-9(3)11-7-5-2;/h9H,4-8H2,1-3H3;1H3. The molecule has 1 atom stereocenters. The average molecular weight is 177 g/mol. The minimum atomic E-state index is 0. The molecule has 0 fully saturated rings. The van der Waals surface area contributed by atoms with Gasteiger partial charge in [-0.25, -0.2) is 0 Å². The highest BCUT2D eigenvalue weighted by Crippen LogP contribution is 1.93. The Morgan fingerprint density at radius 1 is 1.08 bits per heavy atom. The molecule has 0 rings (SSSR count). The van der Waals surface area contributed by atoms with Crippen LogP contribution in [0.1, 0.15) is 33.6 Å². The van der Waals surface area contributed by atoms with Crippen molar-refractivity contribution >= 4 is 0 Å². The van der Waals surface area contributed by atoms with Crippen LogP contribution in [0.25, 0.3) is 0 Å². The number of rotatable bonds is 7. The van der Waals surface area contributed by atoms with Crippen LogP contribution in [0, 0.1) is 0 Å². The quantitative estimate of drug-likeness (QED) is 0.607. The molecule has 0 aromatic carbocycles. The van der Waals surface area contributed by atoms with Crippen LogP contribution in [0.2, 0.25) is 0 Å². The molecule has 0 aliphatic carbocycles. The zero-order valence-corrected chi connectivity index (χ0v) is 8.64. The van der Waals surface area contributed by atoms with Gasteiger partial charge in [-0.2, -0.15) is 0 Å². The Balaban J connectivity index is 0. The van der Waals surface area contributed by atoms with Gasteiger partial charge >= 0.3 is 0 Å². The minimum absolute atomic E-state index is 0. The van der Waals surface area contributed by atoms with Gasteiger partial charge in [0.15, 0.2) is 0 Å². The van der Waals surface area contributed by atoms with Crippen molar-refractivity contribution in [3.63, 3.8) is 0 Å². The summed E-state index contributed by atoms with van der Waals surface area (Å²) in [5, 5.41) is 0. The predicted octanol–water partition coefficient (Wildman–Crippen LogP) is 2.39. The van der Waals surface area contributed by atoms with Crippen LogP contribution in [-0.4, -0.2) is 25.9 Å². The highest BCUT2D eigenvalue weighted by molar-refractivity contribution is 4.46. The molecule has 3 heteroatoms. The first-order valence-corrected chi connectivity index (χ1v) is 4.50. The number of hydrogen-bond acceptors (Lipinski definition) is 3. The van der Waals surface area contributed by atoms with Gasteiger partial charge in [0, 0.05) is 13.2 Å². The Morgan fingerprint density at radius 2 is 1.67 bits per heavy atom. The molecule has 3 nitrogen and oxygen atoms in total. The first kappa shape index (κ1) is 14.4. The summed E-state index contributed by atoms with van der Waals surface area (Å²) < 4.78 is 10.7. The topological polar surface area (TPSA) is 53.5 Å². The normalized spacial score (nSPS) is 12.2. The summed E-state index contributed by atoms with van der Waals surface area (Å²) in [5.74, 6) is 0. The molecule has 12 heavy (non-hydrogen) atoms. The van der Waals surface area contributed by atoms with E-state index in [0.29, 0.717) is 0 Å². The highest BCUT2D eigenvalue weighted by atomic mass is 16.5. The SMILES string of the molecule is CCCOCC(C)OCCC.N. The summed E-state index contributed by atoms with van der Waals surface area (Å²) in [6, 6.07) is 0. The van der Waals surface area contributed by atoms with E-state index in [1.807, 2.05) is 6.92 Å². The zero-order chi connectivity index (χ0) is 8.53. The molecule has 76 valence electrons. The lowest BCUT2D eigenvalue weighted by Gasteiger charge is -2.11. The van der Waals surface area contributed by atoms with Crippen molar-refractivity contribution in [1.29, 1.82) is 0 Å². The zero-order valence-electron chi connectivity index (χ0n) is 8.64. The molecule has 3 N–H and O–H groups in total. The Morgan fingerprint density at radius 3 is 2.17 bits per heavy atom. The molecule has 0 spiro atoms. The van der Waals surface area contributed by atoms with Gasteiger partial charge in [0.1, 0.15) is 0 Å². The maximum Gasteiger partial charge on any atom is 0.0780 e. The van der Waals surface area contributed by atoms with Crippen LogP contribution in [0.15, 0.2) is 0 Å². The van der Waals surface area contributed by atoms with Crippen molar-refractivity contribution in [3.8, 4) is 0 Å². The van der Waals surface area contributed by atoms with Crippen LogP contribution in [0.5, 0.6) is 0 Å². The highest BCUT2D eigenvalue weighted by Gasteiger charge is 1.99. The van der Waals surface area contributed by atoms with E-state index in [4.69, 9.17) is 9.47 Å². The van der Waals surface area contributed by atoms with Crippen molar-refractivity contribution in [1.82, 2.24) is 6.15 Å². The Labute approximate surface area is 76.0 Å². The largest absolute Gasteiger partial charge is 0.379 e. The third-order valence-corrected chi connectivity index (χ3v) is 1.31. The van der Waals surface area contributed by atoms with Crippen molar-refractivity contribution in [2.45, 2.75) is 39.7 Å². The summed E-state index contributed by atoms with van der Waals surface area (Å²) in [4.78, 5) is 0. The predicted molar refractivity (Wildman–Crippen MR) is 51.8 cm³/mol. The molecule has 0 aliphatic heterocycles. The summed E-state index contributed by atoms with van der Waals surface area (Å²) in [7, 11) is 0. The van der Waals surface area contributed by atoms with Crippen LogP contribution in [0.4, 0.5) is 0 Å². The second kappa shape index (κ2) is 10.9. The lowest BCUT2D eigenvalue weighted by molar-refractivity contribution is -0.00611. The molecule has 0 aromatic rings. The summed E-state index contributed by atoms with van der Waals surface area (Å²) in [6.07, 6.45) is 2.42. The Bertz CT molecular complexity index is 78.9. The molecular weight excluding hydrogens is 154 g/mol. The van der Waals surface area contributed by atoms with Gasteiger partial charge in [-0.3, -0.25) is 0 Å². The summed E-state index contributed by atoms with van der Waals surface area (Å²) >= 11 is 0. The molecule has 1 unspecified atom stereocenters. The Kier molecular flexibility index (Phi) is 13.1. The van der Waals surface area contributed by atoms with E-state index < -0.39 is 0 Å². The molecule has 0 heterocycles. The van der Waals surface area contributed by atoms with E-state index >= 15 is 0 Å². The fourth-order valence-electron chi connectivity index (χ4n) is 0.761. The Hall–Kier alpha value is -0.120. The second-order valence-corrected chi connectivity index (χ2v) is 2.76.